The molecule has 3 aromatic rings. The summed E-state index contributed by atoms with van der Waals surface area (Å²) in [6.45, 7) is 0. The van der Waals surface area contributed by atoms with Crippen molar-refractivity contribution < 1.29 is 47.3 Å². The van der Waals surface area contributed by atoms with E-state index in [9.17, 15) is 21.4 Å². The van der Waals surface area contributed by atoms with Gasteiger partial charge in [0.2, 0.25) is 0 Å². The van der Waals surface area contributed by atoms with Gasteiger partial charge in [0.15, 0.2) is 0 Å². The number of hydrogen-bond acceptors (Lipinski definition) is 6. The molecule has 1 aromatic heterocycles. The van der Waals surface area contributed by atoms with Crippen LogP contribution in [-0.2, 0) is 41.6 Å². The van der Waals surface area contributed by atoms with Crippen molar-refractivity contribution in [3.8, 4) is 11.1 Å². The van der Waals surface area contributed by atoms with Crippen molar-refractivity contribution in [2.75, 3.05) is 0 Å². The van der Waals surface area contributed by atoms with Gasteiger partial charge in [0.25, 0.3) is 0 Å². The second-order valence-corrected chi connectivity index (χ2v) is 8.11. The predicted octanol–water partition coefficient (Wildman–Crippen LogP) is 0.902. The first-order chi connectivity index (χ1) is 11.1. The Bertz CT molecular complexity index is 1150. The number of benzene rings is 2. The van der Waals surface area contributed by atoms with E-state index in [1.807, 2.05) is 0 Å². The maximum absolute atomic E-state index is 11.8. The average Bonchev–Trinajstić information content (AvgIpc) is 2.86. The molecule has 2 aromatic carbocycles. The van der Waals surface area contributed by atoms with Crippen LogP contribution in [0.5, 0.6) is 0 Å². The van der Waals surface area contributed by atoms with Crippen LogP contribution in [0, 0.1) is 0 Å². The van der Waals surface area contributed by atoms with E-state index >= 15 is 0 Å². The SMILES string of the molecule is O=S(=O)(O)c1ccc(-c2ccc3c(nn[n]3[Ag])c2S(=O)(=O)O)cc1. The quantitative estimate of drug-likeness (QED) is 0.433. The Hall–Kier alpha value is -1.60. The minimum atomic E-state index is -4.64. The molecular weight excluding hydrogens is 454 g/mol. The van der Waals surface area contributed by atoms with Crippen LogP contribution in [0.2, 0.25) is 0 Å². The van der Waals surface area contributed by atoms with E-state index in [1.54, 1.807) is 0 Å². The molecule has 0 fully saturated rings. The molecule has 3 rings (SSSR count). The fraction of sp³-hybridized carbons (Fsp3) is 0. The third-order valence-electron chi connectivity index (χ3n) is 3.23. The van der Waals surface area contributed by atoms with Gasteiger partial charge in [-0.3, -0.25) is 0 Å². The van der Waals surface area contributed by atoms with Crippen molar-refractivity contribution in [3.63, 3.8) is 0 Å². The van der Waals surface area contributed by atoms with Crippen LogP contribution < -0.4 is 0 Å². The van der Waals surface area contributed by atoms with Crippen molar-refractivity contribution in [1.82, 2.24) is 13.4 Å². The summed E-state index contributed by atoms with van der Waals surface area (Å²) < 4.78 is 65.5. The van der Waals surface area contributed by atoms with Crippen LogP contribution in [0.1, 0.15) is 0 Å². The van der Waals surface area contributed by atoms with Crippen LogP contribution in [-0.4, -0.2) is 39.3 Å². The summed E-state index contributed by atoms with van der Waals surface area (Å²) in [5.41, 5.74) is 0.685. The molecule has 130 valence electrons. The molecule has 0 spiro atoms. The molecule has 0 atom stereocenters. The number of rotatable bonds is 3. The molecule has 0 saturated heterocycles. The van der Waals surface area contributed by atoms with Gasteiger partial charge in [0, 0.05) is 0 Å². The van der Waals surface area contributed by atoms with Gasteiger partial charge in [-0.05, 0) is 0 Å². The van der Waals surface area contributed by atoms with E-state index in [4.69, 9.17) is 4.55 Å². The fourth-order valence-corrected chi connectivity index (χ4v) is 3.88. The van der Waals surface area contributed by atoms with Crippen LogP contribution in [0.4, 0.5) is 0 Å². The second kappa shape index (κ2) is 5.74. The zero-order chi connectivity index (χ0) is 17.7. The van der Waals surface area contributed by atoms with E-state index in [1.165, 1.54) is 27.4 Å². The molecule has 24 heavy (non-hydrogen) atoms. The Morgan fingerprint density at radius 3 is 2.08 bits per heavy atom. The maximum atomic E-state index is 11.8. The normalized spacial score (nSPS) is 12.7. The molecule has 0 bridgehead atoms. The molecule has 0 aliphatic rings. The molecule has 0 amide bonds. The van der Waals surface area contributed by atoms with Gasteiger partial charge in [-0.15, -0.1) is 0 Å². The number of hydrogen-bond donors (Lipinski definition) is 2. The Balaban J connectivity index is 2.30. The van der Waals surface area contributed by atoms with E-state index in [-0.39, 0.29) is 16.0 Å². The van der Waals surface area contributed by atoms with E-state index in [0.717, 1.165) is 12.1 Å². The second-order valence-electron chi connectivity index (χ2n) is 4.70. The van der Waals surface area contributed by atoms with Gasteiger partial charge < -0.3 is 0 Å². The average molecular weight is 462 g/mol. The summed E-state index contributed by atoms with van der Waals surface area (Å²) in [5.74, 6) is 0. The van der Waals surface area contributed by atoms with Crippen LogP contribution in [0.15, 0.2) is 46.2 Å². The molecular formula is C12H8AgN3O6S2. The summed E-state index contributed by atoms with van der Waals surface area (Å²) in [6, 6.07) is 7.79. The standard InChI is InChI=1S/C12H8N3O6S2.Ag/c16-22(17,18)8-3-1-7(2-4-8)9-5-6-10-11(14-15-13-10)12(9)23(19,20)21;/h1-6H,(H2-,13,14,15,16,17,18,19,20,21);/q-1;+1. The van der Waals surface area contributed by atoms with E-state index in [2.05, 4.69) is 31.6 Å². The third-order valence-corrected chi connectivity index (χ3v) is 5.51. The molecule has 0 aliphatic heterocycles. The van der Waals surface area contributed by atoms with Gasteiger partial charge in [0.05, 0.1) is 0 Å². The van der Waals surface area contributed by atoms with E-state index in [0.29, 0.717) is 11.1 Å². The van der Waals surface area contributed by atoms with Crippen LogP contribution >= 0.6 is 0 Å². The summed E-state index contributed by atoms with van der Waals surface area (Å²) >= 11 is 3.07. The van der Waals surface area contributed by atoms with Gasteiger partial charge in [-0.25, -0.2) is 0 Å². The van der Waals surface area contributed by atoms with Crippen LogP contribution in [0.3, 0.4) is 0 Å². The Morgan fingerprint density at radius 1 is 0.917 bits per heavy atom. The molecule has 12 heteroatoms. The van der Waals surface area contributed by atoms with Crippen LogP contribution in [0.25, 0.3) is 22.2 Å². The molecule has 9 nitrogen and oxygen atoms in total. The fourth-order valence-electron chi connectivity index (χ4n) is 2.22. The molecule has 0 saturated carbocycles. The van der Waals surface area contributed by atoms with Gasteiger partial charge in [-0.1, -0.05) is 0 Å². The summed E-state index contributed by atoms with van der Waals surface area (Å²) in [5, 5.41) is 7.36. The Morgan fingerprint density at radius 2 is 1.54 bits per heavy atom. The zero-order valence-electron chi connectivity index (χ0n) is 11.5. The summed E-state index contributed by atoms with van der Waals surface area (Å²) in [7, 11) is -9.01. The van der Waals surface area contributed by atoms with E-state index < -0.39 is 25.1 Å². The number of fused-ring (bicyclic) bond motifs is 1. The molecule has 1 heterocycles. The Kier molecular flexibility index (Phi) is 4.12. The van der Waals surface area contributed by atoms with Gasteiger partial charge >= 0.3 is 149 Å². The summed E-state index contributed by atoms with van der Waals surface area (Å²) in [4.78, 5) is -0.795. The zero-order valence-corrected chi connectivity index (χ0v) is 14.6. The first-order valence-corrected chi connectivity index (χ1v) is 9.70. The number of aromatic nitrogens is 3. The molecule has 2 N–H and O–H groups in total. The summed E-state index contributed by atoms with van der Waals surface area (Å²) in [6.07, 6.45) is 0. The first kappa shape index (κ1) is 17.2. The Labute approximate surface area is 149 Å². The molecule has 0 unspecified atom stereocenters. The van der Waals surface area contributed by atoms with Crippen molar-refractivity contribution in [1.29, 1.82) is 0 Å². The third kappa shape index (κ3) is 3.02. The minimum absolute atomic E-state index is 0.0509. The topological polar surface area (TPSA) is 139 Å². The van der Waals surface area contributed by atoms with Crippen molar-refractivity contribution >= 4 is 31.3 Å². The van der Waals surface area contributed by atoms with Gasteiger partial charge in [0.1, 0.15) is 0 Å². The molecule has 0 aliphatic carbocycles. The van der Waals surface area contributed by atoms with Crippen molar-refractivity contribution in [2.45, 2.75) is 9.79 Å². The predicted molar refractivity (Wildman–Crippen MR) is 78.0 cm³/mol. The van der Waals surface area contributed by atoms with Crippen molar-refractivity contribution in [3.05, 3.63) is 36.4 Å². The van der Waals surface area contributed by atoms with Gasteiger partial charge in [-0.2, -0.15) is 0 Å². The monoisotopic (exact) mass is 461 g/mol. The van der Waals surface area contributed by atoms with Crippen molar-refractivity contribution in [2.24, 2.45) is 0 Å². The number of nitrogens with zero attached hydrogens (tertiary/aromatic N) is 3. The first-order valence-electron chi connectivity index (χ1n) is 6.15. The molecule has 0 radical (unpaired) electrons.